The Morgan fingerprint density at radius 3 is 1.56 bits per heavy atom. The number of nitrogens with zero attached hydrogens (tertiary/aromatic N) is 6. The molecule has 3 aromatic heterocycles. The van der Waals surface area contributed by atoms with E-state index in [2.05, 4.69) is 21.3 Å². The van der Waals surface area contributed by atoms with Crippen molar-refractivity contribution in [3.8, 4) is 0 Å². The first-order valence-corrected chi connectivity index (χ1v) is 19.2. The number of allylic oxidation sites excluding steroid dienone is 2. The summed E-state index contributed by atoms with van der Waals surface area (Å²) in [5.74, 6) is -5.12. The van der Waals surface area contributed by atoms with Crippen LogP contribution in [-0.2, 0) is 9.59 Å². The second kappa shape index (κ2) is 20.5. The molecule has 330 valence electrons. The van der Waals surface area contributed by atoms with E-state index in [1.807, 2.05) is 0 Å². The summed E-state index contributed by atoms with van der Waals surface area (Å²) in [5, 5.41) is 62.2. The van der Waals surface area contributed by atoms with Crippen molar-refractivity contribution in [3.63, 3.8) is 0 Å². The largest absolute Gasteiger partial charge is 0.425 e. The predicted octanol–water partition coefficient (Wildman–Crippen LogP) is -2.73. The summed E-state index contributed by atoms with van der Waals surface area (Å²) in [4.78, 5) is 118. The zero-order valence-electron chi connectivity index (χ0n) is 32.9. The minimum absolute atomic E-state index is 0.000122. The molecule has 9 N–H and O–H groups in total. The van der Waals surface area contributed by atoms with Gasteiger partial charge in [-0.25, -0.2) is 5.06 Å². The molecule has 62 heavy (non-hydrogen) atoms. The minimum Gasteiger partial charge on any atom is -0.425 e. The molecule has 1 atom stereocenters. The van der Waals surface area contributed by atoms with E-state index in [9.17, 15) is 69.1 Å². The van der Waals surface area contributed by atoms with E-state index in [1.165, 1.54) is 34.1 Å². The molecule has 0 saturated heterocycles. The predicted molar refractivity (Wildman–Crippen MR) is 210 cm³/mol. The quantitative estimate of drug-likeness (QED) is 0.118. The molecule has 0 spiro atoms. The van der Waals surface area contributed by atoms with Gasteiger partial charge in [0.2, 0.25) is 0 Å². The lowest BCUT2D eigenvalue weighted by Crippen LogP contribution is -2.46. The van der Waals surface area contributed by atoms with Gasteiger partial charge >= 0.3 is 0 Å². The summed E-state index contributed by atoms with van der Waals surface area (Å²) in [5.41, 5.74) is -5.58. The molecular weight excluding hydrogens is 820 g/mol. The lowest BCUT2D eigenvalue weighted by molar-refractivity contribution is -0.166. The van der Waals surface area contributed by atoms with Crippen molar-refractivity contribution in [2.24, 2.45) is 0 Å². The highest BCUT2D eigenvalue weighted by Crippen LogP contribution is 2.19. The van der Waals surface area contributed by atoms with E-state index >= 15 is 0 Å². The first-order valence-electron chi connectivity index (χ1n) is 19.2. The fourth-order valence-electron chi connectivity index (χ4n) is 6.36. The maximum Gasteiger partial charge on any atom is 0.296 e. The molecule has 4 bridgehead atoms. The fourth-order valence-corrected chi connectivity index (χ4v) is 6.36. The fraction of sp³-hybridized carbons (Fsp3) is 0.342. The lowest BCUT2D eigenvalue weighted by atomic mass is 10.1. The molecule has 24 nitrogen and oxygen atoms in total. The third kappa shape index (κ3) is 10.5. The molecule has 0 aliphatic carbocycles. The van der Waals surface area contributed by atoms with Crippen LogP contribution in [-0.4, -0.2) is 149 Å². The molecule has 0 fully saturated rings. The van der Waals surface area contributed by atoms with Gasteiger partial charge in [-0.2, -0.15) is 0 Å². The number of carbonyl (C=O) groups excluding carboxylic acids is 6. The van der Waals surface area contributed by atoms with E-state index in [0.29, 0.717) is 0 Å². The Hall–Kier alpha value is -7.73. The molecule has 3 aromatic rings. The molecule has 0 saturated carbocycles. The summed E-state index contributed by atoms with van der Waals surface area (Å²) >= 11 is 0. The Kier molecular flexibility index (Phi) is 15.0. The summed E-state index contributed by atoms with van der Waals surface area (Å²) in [7, 11) is 0. The van der Waals surface area contributed by atoms with Crippen molar-refractivity contribution in [1.82, 2.24) is 50.3 Å². The van der Waals surface area contributed by atoms with Crippen LogP contribution in [0.1, 0.15) is 67.5 Å². The van der Waals surface area contributed by atoms with Crippen LogP contribution in [0.15, 0.2) is 86.3 Å². The van der Waals surface area contributed by atoms with Gasteiger partial charge in [-0.05, 0) is 62.1 Å². The summed E-state index contributed by atoms with van der Waals surface area (Å²) in [6.45, 7) is -0.753. The third-order valence-corrected chi connectivity index (χ3v) is 9.66. The van der Waals surface area contributed by atoms with Crippen molar-refractivity contribution >= 4 is 35.4 Å². The van der Waals surface area contributed by atoms with Crippen LogP contribution in [0.2, 0.25) is 0 Å². The van der Waals surface area contributed by atoms with Crippen molar-refractivity contribution < 1.29 is 54.7 Å². The zero-order valence-corrected chi connectivity index (χ0v) is 32.9. The number of aliphatic hydroxyl groups is 1. The first kappa shape index (κ1) is 45.4. The SMILES string of the molecule is O=C1NCCCN(C(=O)c2cccc(=O)n2O)CCCCN(C(=O)c2cccc(=O)n2O)CCCNC(=O)c2ccc(n(O)c2=O)C(=O)NCCNC(=O)C2=CC=C1C(O)N2O. The Morgan fingerprint density at radius 2 is 1.02 bits per heavy atom. The number of amides is 6. The lowest BCUT2D eigenvalue weighted by Gasteiger charge is -2.29. The molecule has 4 aliphatic heterocycles. The average molecular weight is 865 g/mol. The number of rotatable bonds is 2. The van der Waals surface area contributed by atoms with Crippen molar-refractivity contribution in [2.45, 2.75) is 31.9 Å². The number of aromatic nitrogens is 3. The van der Waals surface area contributed by atoms with Crippen molar-refractivity contribution in [2.75, 3.05) is 52.4 Å². The van der Waals surface area contributed by atoms with E-state index in [4.69, 9.17) is 0 Å². The molecule has 4 aliphatic rings. The molecule has 24 heteroatoms. The Labute approximate surface area is 350 Å². The van der Waals surface area contributed by atoms with Gasteiger partial charge in [0.25, 0.3) is 52.1 Å². The van der Waals surface area contributed by atoms with Gasteiger partial charge in [-0.1, -0.05) is 12.1 Å². The standard InChI is InChI=1S/C38H44N10O14/c49-29-9-3-7-27(45(29)59)37(57)43-19-1-2-20-44(38(58)28-8-4-10-30(50)46(28)60)22-6-16-40-32(52)24-12-14-26(48(62)36(24)56)34(54)42-18-17-41-33(53)25-13-11-23(35(55)47(25)61)31(51)39-15-5-21-43/h3-4,7-14,35,55,59-62H,1-2,5-6,15-22H2,(H,39,51)(H,40,52)(H,41,53)(H,42,54). The van der Waals surface area contributed by atoms with Gasteiger partial charge in [0.1, 0.15) is 28.3 Å². The number of hydroxylamine groups is 2. The van der Waals surface area contributed by atoms with E-state index in [1.54, 1.807) is 0 Å². The smallest absolute Gasteiger partial charge is 0.296 e. The second-order valence-electron chi connectivity index (χ2n) is 13.8. The van der Waals surface area contributed by atoms with Gasteiger partial charge in [0.15, 0.2) is 6.23 Å². The number of hydrogen-bond donors (Lipinski definition) is 9. The monoisotopic (exact) mass is 864 g/mol. The van der Waals surface area contributed by atoms with Gasteiger partial charge in [-0.15, -0.1) is 14.2 Å². The molecular formula is C38H44N10O14. The van der Waals surface area contributed by atoms with Gasteiger partial charge in [0, 0.05) is 64.5 Å². The Bertz CT molecular complexity index is 2470. The maximum absolute atomic E-state index is 13.6. The molecule has 6 amide bonds. The highest BCUT2D eigenvalue weighted by atomic mass is 16.5. The molecule has 7 heterocycles. The average Bonchev–Trinajstić information content (AvgIpc) is 3.25. The van der Waals surface area contributed by atoms with E-state index in [-0.39, 0.29) is 114 Å². The number of fused-ring (bicyclic) bond motifs is 2. The molecule has 0 aromatic carbocycles. The summed E-state index contributed by atoms with van der Waals surface area (Å²) in [6.07, 6.45) is 0.812. The first-order chi connectivity index (χ1) is 29.6. The van der Waals surface area contributed by atoms with Gasteiger partial charge in [0.05, 0.1) is 5.57 Å². The van der Waals surface area contributed by atoms with E-state index in [0.717, 1.165) is 36.4 Å². The minimum atomic E-state index is -1.98. The van der Waals surface area contributed by atoms with Crippen molar-refractivity contribution in [1.29, 1.82) is 0 Å². The Morgan fingerprint density at radius 1 is 0.532 bits per heavy atom. The van der Waals surface area contributed by atoms with Crippen molar-refractivity contribution in [3.05, 3.63) is 126 Å². The summed E-state index contributed by atoms with van der Waals surface area (Å²) < 4.78 is 0.331. The number of pyridine rings is 3. The number of carbonyl (C=O) groups is 6. The maximum atomic E-state index is 13.6. The van der Waals surface area contributed by atoms with Crippen LogP contribution in [0, 0.1) is 0 Å². The van der Waals surface area contributed by atoms with E-state index < -0.39 is 75.3 Å². The number of nitrogens with one attached hydrogen (secondary N) is 4. The topological polar surface area (TPSA) is 327 Å². The highest BCUT2D eigenvalue weighted by Gasteiger charge is 2.32. The van der Waals surface area contributed by atoms with Crippen LogP contribution in [0.25, 0.3) is 0 Å². The van der Waals surface area contributed by atoms with Gasteiger partial charge < -0.3 is 51.8 Å². The normalized spacial score (nSPS) is 18.2. The highest BCUT2D eigenvalue weighted by molar-refractivity contribution is 5.99. The zero-order chi connectivity index (χ0) is 45.1. The van der Waals surface area contributed by atoms with Crippen LogP contribution in [0.5, 0.6) is 0 Å². The van der Waals surface area contributed by atoms with Gasteiger partial charge in [-0.3, -0.25) is 48.4 Å². The molecule has 1 unspecified atom stereocenters. The second-order valence-corrected chi connectivity index (χ2v) is 13.8. The summed E-state index contributed by atoms with van der Waals surface area (Å²) in [6, 6.07) is 9.11. The third-order valence-electron chi connectivity index (χ3n) is 9.66. The van der Waals surface area contributed by atoms with Crippen LogP contribution < -0.4 is 37.9 Å². The molecule has 0 radical (unpaired) electrons. The van der Waals surface area contributed by atoms with Crippen LogP contribution >= 0.6 is 0 Å². The Balaban J connectivity index is 1.38. The number of aliphatic hydroxyl groups excluding tert-OH is 1. The van der Waals surface area contributed by atoms with Crippen LogP contribution in [0.4, 0.5) is 0 Å². The number of hydrogen-bond acceptors (Lipinski definition) is 15. The molecule has 7 rings (SSSR count). The van der Waals surface area contributed by atoms with Crippen LogP contribution in [0.3, 0.4) is 0 Å².